The number of hydrogen-bond acceptors (Lipinski definition) is 3. The van der Waals surface area contributed by atoms with Crippen molar-refractivity contribution in [3.63, 3.8) is 0 Å². The summed E-state index contributed by atoms with van der Waals surface area (Å²) in [5.74, 6) is 3.53. The minimum Gasteiger partial charge on any atom is -0.469 e. The van der Waals surface area contributed by atoms with Gasteiger partial charge in [0.05, 0.1) is 13.0 Å². The number of unbranched alkanes of at least 4 members (excludes halogenated alkanes) is 1. The Morgan fingerprint density at radius 2 is 1.52 bits per heavy atom. The fourth-order valence-electron chi connectivity index (χ4n) is 7.70. The Balaban J connectivity index is 1.22. The summed E-state index contributed by atoms with van der Waals surface area (Å²) in [6.45, 7) is 0. The van der Waals surface area contributed by atoms with Crippen molar-refractivity contribution in [1.29, 1.82) is 0 Å². The number of fused-ring (bicyclic) bond motifs is 2. The number of esters is 1. The monoisotopic (exact) mass is 403 g/mol. The van der Waals surface area contributed by atoms with E-state index in [-0.39, 0.29) is 11.9 Å². The van der Waals surface area contributed by atoms with Crippen molar-refractivity contribution in [1.82, 2.24) is 4.90 Å². The molecule has 0 aromatic heterocycles. The van der Waals surface area contributed by atoms with E-state index in [1.165, 1.54) is 103 Å². The van der Waals surface area contributed by atoms with E-state index in [0.717, 1.165) is 17.8 Å². The summed E-state index contributed by atoms with van der Waals surface area (Å²) >= 11 is 0. The zero-order valence-electron chi connectivity index (χ0n) is 19.1. The second-order valence-electron chi connectivity index (χ2n) is 11.0. The lowest BCUT2D eigenvalue weighted by Crippen LogP contribution is -2.52. The molecule has 0 radical (unpaired) electrons. The van der Waals surface area contributed by atoms with E-state index in [4.69, 9.17) is 4.74 Å². The number of ether oxygens (including phenoxy) is 1. The highest BCUT2D eigenvalue weighted by Gasteiger charge is 2.51. The minimum atomic E-state index is 0.0667. The molecule has 4 aliphatic rings. The summed E-state index contributed by atoms with van der Waals surface area (Å²) in [7, 11) is 3.82. The van der Waals surface area contributed by atoms with Gasteiger partial charge >= 0.3 is 5.97 Å². The highest BCUT2D eigenvalue weighted by atomic mass is 16.5. The predicted octanol–water partition coefficient (Wildman–Crippen LogP) is 6.21. The van der Waals surface area contributed by atoms with Gasteiger partial charge in [-0.1, -0.05) is 70.6 Å². The summed E-state index contributed by atoms with van der Waals surface area (Å²) in [4.78, 5) is 15.2. The molecule has 4 fully saturated rings. The number of nitrogens with zero attached hydrogens (tertiary/aromatic N) is 1. The van der Waals surface area contributed by atoms with Crippen molar-refractivity contribution in [2.75, 3.05) is 14.2 Å². The second kappa shape index (κ2) is 10.2. The van der Waals surface area contributed by atoms with Crippen LogP contribution in [0.15, 0.2) is 0 Å². The fourth-order valence-corrected chi connectivity index (χ4v) is 7.70. The van der Waals surface area contributed by atoms with Gasteiger partial charge in [0.15, 0.2) is 0 Å². The van der Waals surface area contributed by atoms with Gasteiger partial charge in [-0.2, -0.15) is 0 Å². The van der Waals surface area contributed by atoms with Crippen molar-refractivity contribution < 1.29 is 9.53 Å². The first kappa shape index (κ1) is 21.7. The molecule has 4 atom stereocenters. The molecule has 0 N–H and O–H groups in total. The van der Waals surface area contributed by atoms with Crippen molar-refractivity contribution in [3.05, 3.63) is 0 Å². The highest BCUT2D eigenvalue weighted by molar-refractivity contribution is 5.74. The molecule has 0 aromatic rings. The summed E-state index contributed by atoms with van der Waals surface area (Å²) in [6.07, 6.45) is 22.6. The van der Waals surface area contributed by atoms with Gasteiger partial charge in [-0.25, -0.2) is 0 Å². The smallest absolute Gasteiger partial charge is 0.310 e. The van der Waals surface area contributed by atoms with E-state index in [2.05, 4.69) is 11.9 Å². The number of methoxy groups -OCH3 is 1. The second-order valence-corrected chi connectivity index (χ2v) is 11.0. The molecule has 0 amide bonds. The van der Waals surface area contributed by atoms with E-state index in [9.17, 15) is 4.79 Å². The number of rotatable bonds is 7. The lowest BCUT2D eigenvalue weighted by atomic mass is 9.66. The highest BCUT2D eigenvalue weighted by Crippen LogP contribution is 2.49. The third-order valence-electron chi connectivity index (χ3n) is 9.48. The first-order valence-corrected chi connectivity index (χ1v) is 13.0. The number of piperidine rings is 1. The minimum absolute atomic E-state index is 0.0667. The summed E-state index contributed by atoms with van der Waals surface area (Å²) in [5, 5.41) is 0. The van der Waals surface area contributed by atoms with Crippen molar-refractivity contribution in [3.8, 4) is 0 Å². The number of carbonyl (C=O) groups excluding carboxylic acids is 1. The van der Waals surface area contributed by atoms with Gasteiger partial charge in [-0.15, -0.1) is 0 Å². The lowest BCUT2D eigenvalue weighted by molar-refractivity contribution is -0.154. The molecule has 2 aliphatic heterocycles. The maximum Gasteiger partial charge on any atom is 0.310 e. The van der Waals surface area contributed by atoms with Gasteiger partial charge in [-0.05, 0) is 62.8 Å². The van der Waals surface area contributed by atoms with Gasteiger partial charge in [-0.3, -0.25) is 9.69 Å². The first-order chi connectivity index (χ1) is 14.2. The Bertz CT molecular complexity index is 521. The molecule has 2 unspecified atom stereocenters. The fraction of sp³-hybridized carbons (Fsp3) is 0.962. The predicted molar refractivity (Wildman–Crippen MR) is 119 cm³/mol. The van der Waals surface area contributed by atoms with Gasteiger partial charge in [0.25, 0.3) is 0 Å². The van der Waals surface area contributed by atoms with Crippen LogP contribution >= 0.6 is 0 Å². The Morgan fingerprint density at radius 3 is 2.17 bits per heavy atom. The maximum atomic E-state index is 12.7. The molecule has 3 heteroatoms. The molecule has 2 saturated heterocycles. The standard InChI is InChI=1S/C26H45NO2/c1-27-22-16-17-24(27)25(26(28)29-2)23(18-22)21-14-12-20(13-15-21)11-7-6-10-19-8-4-3-5-9-19/h19-25H,3-18H2,1-2H3/t20?,21?,22-,23-,24?,25?/m1/s1. The van der Waals surface area contributed by atoms with E-state index in [1.807, 2.05) is 0 Å². The van der Waals surface area contributed by atoms with Crippen molar-refractivity contribution >= 4 is 5.97 Å². The topological polar surface area (TPSA) is 29.5 Å². The van der Waals surface area contributed by atoms with Crippen LogP contribution in [0.5, 0.6) is 0 Å². The molecule has 2 saturated carbocycles. The van der Waals surface area contributed by atoms with Crippen molar-refractivity contribution in [2.24, 2.45) is 29.6 Å². The molecule has 166 valence electrons. The third-order valence-corrected chi connectivity index (χ3v) is 9.48. The van der Waals surface area contributed by atoms with Gasteiger partial charge < -0.3 is 4.74 Å². The maximum absolute atomic E-state index is 12.7. The zero-order valence-corrected chi connectivity index (χ0v) is 19.1. The van der Waals surface area contributed by atoms with Crippen LogP contribution in [0.3, 0.4) is 0 Å². The van der Waals surface area contributed by atoms with Gasteiger partial charge in [0.1, 0.15) is 0 Å². The average molecular weight is 404 g/mol. The van der Waals surface area contributed by atoms with Gasteiger partial charge in [0.2, 0.25) is 0 Å². The van der Waals surface area contributed by atoms with Crippen LogP contribution in [0.25, 0.3) is 0 Å². The van der Waals surface area contributed by atoms with Crippen molar-refractivity contribution in [2.45, 2.75) is 115 Å². The molecule has 0 spiro atoms. The zero-order chi connectivity index (χ0) is 20.2. The van der Waals surface area contributed by atoms with Crippen LogP contribution in [0, 0.1) is 29.6 Å². The van der Waals surface area contributed by atoms with E-state index in [1.54, 1.807) is 7.11 Å². The van der Waals surface area contributed by atoms with Crippen LogP contribution in [0.1, 0.15) is 103 Å². The van der Waals surface area contributed by atoms with E-state index < -0.39 is 0 Å². The molecule has 29 heavy (non-hydrogen) atoms. The lowest BCUT2D eigenvalue weighted by Gasteiger charge is -2.46. The largest absolute Gasteiger partial charge is 0.469 e. The Labute approximate surface area is 179 Å². The summed E-state index contributed by atoms with van der Waals surface area (Å²) in [5.41, 5.74) is 0. The molecular formula is C26H45NO2. The summed E-state index contributed by atoms with van der Waals surface area (Å²) in [6, 6.07) is 1.15. The molecule has 2 bridgehead atoms. The van der Waals surface area contributed by atoms with Crippen LogP contribution in [0.2, 0.25) is 0 Å². The van der Waals surface area contributed by atoms with Gasteiger partial charge in [0, 0.05) is 12.1 Å². The van der Waals surface area contributed by atoms with E-state index in [0.29, 0.717) is 18.0 Å². The Kier molecular flexibility index (Phi) is 7.59. The van der Waals surface area contributed by atoms with Crippen LogP contribution in [0.4, 0.5) is 0 Å². The quantitative estimate of drug-likeness (QED) is 0.374. The molecule has 0 aromatic carbocycles. The Hall–Kier alpha value is -0.570. The number of hydrogen-bond donors (Lipinski definition) is 0. The van der Waals surface area contributed by atoms with Crippen LogP contribution in [-0.4, -0.2) is 37.1 Å². The third kappa shape index (κ3) is 5.02. The Morgan fingerprint density at radius 1 is 0.862 bits per heavy atom. The van der Waals surface area contributed by atoms with E-state index >= 15 is 0 Å². The molecule has 4 rings (SSSR count). The SMILES string of the molecule is COC(=O)C1C2CC[C@H](C[C@@H]1C1CCC(CCCCC3CCCCC3)CC1)N2C. The molecule has 2 aliphatic carbocycles. The first-order valence-electron chi connectivity index (χ1n) is 13.0. The molecule has 3 nitrogen and oxygen atoms in total. The van der Waals surface area contributed by atoms with Crippen LogP contribution in [-0.2, 0) is 9.53 Å². The van der Waals surface area contributed by atoms with Crippen LogP contribution < -0.4 is 0 Å². The normalized spacial score (nSPS) is 38.8. The summed E-state index contributed by atoms with van der Waals surface area (Å²) < 4.78 is 5.28. The number of carbonyl (C=O) groups is 1. The average Bonchev–Trinajstić information content (AvgIpc) is 2.99. The molecular weight excluding hydrogens is 358 g/mol. The molecule has 2 heterocycles.